The number of fused-ring (bicyclic) bond motifs is 1. The van der Waals surface area contributed by atoms with E-state index in [0.717, 1.165) is 33.5 Å². The van der Waals surface area contributed by atoms with E-state index < -0.39 is 0 Å². The summed E-state index contributed by atoms with van der Waals surface area (Å²) in [6, 6.07) is 15.3. The van der Waals surface area contributed by atoms with Crippen LogP contribution in [-0.4, -0.2) is 24.2 Å². The molecule has 2 aromatic carbocycles. The standard InChI is InChI=1S/C20H21N3O2/c1-14-6-3-9-17(15(14)2)23-20(24)22-12-13-25-18-10-4-7-16-8-5-11-21-19(16)18/h3-11H,12-13H2,1-2H3,(H2,22,23,24). The number of urea groups is 1. The smallest absolute Gasteiger partial charge is 0.319 e. The average molecular weight is 335 g/mol. The number of hydrogen-bond acceptors (Lipinski definition) is 3. The first-order chi connectivity index (χ1) is 12.1. The van der Waals surface area contributed by atoms with Gasteiger partial charge >= 0.3 is 6.03 Å². The maximum atomic E-state index is 12.0. The highest BCUT2D eigenvalue weighted by atomic mass is 16.5. The third kappa shape index (κ3) is 4.07. The summed E-state index contributed by atoms with van der Waals surface area (Å²) in [5.74, 6) is 0.717. The Bertz CT molecular complexity index is 888. The van der Waals surface area contributed by atoms with E-state index in [1.54, 1.807) is 6.20 Å². The van der Waals surface area contributed by atoms with Crippen LogP contribution in [0.15, 0.2) is 54.7 Å². The summed E-state index contributed by atoms with van der Waals surface area (Å²) in [4.78, 5) is 16.4. The van der Waals surface area contributed by atoms with Gasteiger partial charge in [0.25, 0.3) is 0 Å². The molecular weight excluding hydrogens is 314 g/mol. The van der Waals surface area contributed by atoms with Gasteiger partial charge in [-0.3, -0.25) is 4.98 Å². The molecule has 2 N–H and O–H groups in total. The molecule has 0 aliphatic carbocycles. The second kappa shape index (κ2) is 7.66. The Morgan fingerprint density at radius 1 is 1.08 bits per heavy atom. The van der Waals surface area contributed by atoms with Crippen molar-refractivity contribution in [1.29, 1.82) is 0 Å². The highest BCUT2D eigenvalue weighted by Crippen LogP contribution is 2.22. The first-order valence-corrected chi connectivity index (χ1v) is 8.23. The molecule has 0 saturated carbocycles. The molecule has 0 bridgehead atoms. The molecule has 0 atom stereocenters. The normalized spacial score (nSPS) is 10.5. The molecule has 0 aliphatic rings. The Morgan fingerprint density at radius 2 is 1.88 bits per heavy atom. The van der Waals surface area contributed by atoms with E-state index in [0.29, 0.717) is 13.2 Å². The van der Waals surface area contributed by atoms with Gasteiger partial charge in [-0.1, -0.05) is 30.3 Å². The summed E-state index contributed by atoms with van der Waals surface area (Å²) >= 11 is 0. The van der Waals surface area contributed by atoms with E-state index in [-0.39, 0.29) is 6.03 Å². The summed E-state index contributed by atoms with van der Waals surface area (Å²) in [5.41, 5.74) is 3.85. The fraction of sp³-hybridized carbons (Fsp3) is 0.200. The number of anilines is 1. The molecule has 0 aliphatic heterocycles. The number of benzene rings is 2. The van der Waals surface area contributed by atoms with E-state index in [1.165, 1.54) is 0 Å². The second-order valence-corrected chi connectivity index (χ2v) is 5.81. The van der Waals surface area contributed by atoms with Gasteiger partial charge < -0.3 is 15.4 Å². The number of hydrogen-bond donors (Lipinski definition) is 2. The molecular formula is C20H21N3O2. The molecule has 0 spiro atoms. The zero-order chi connectivity index (χ0) is 17.6. The average Bonchev–Trinajstić information content (AvgIpc) is 2.63. The van der Waals surface area contributed by atoms with Crippen molar-refractivity contribution in [2.24, 2.45) is 0 Å². The fourth-order valence-electron chi connectivity index (χ4n) is 2.57. The maximum absolute atomic E-state index is 12.0. The molecule has 0 unspecified atom stereocenters. The Labute approximate surface area is 147 Å². The van der Waals surface area contributed by atoms with E-state index in [1.807, 2.05) is 62.4 Å². The van der Waals surface area contributed by atoms with Crippen molar-refractivity contribution < 1.29 is 9.53 Å². The molecule has 25 heavy (non-hydrogen) atoms. The highest BCUT2D eigenvalue weighted by molar-refractivity contribution is 5.90. The molecule has 0 radical (unpaired) electrons. The number of nitrogens with one attached hydrogen (secondary N) is 2. The van der Waals surface area contributed by atoms with Crippen molar-refractivity contribution in [2.75, 3.05) is 18.5 Å². The van der Waals surface area contributed by atoms with Crippen LogP contribution in [0, 0.1) is 13.8 Å². The summed E-state index contributed by atoms with van der Waals surface area (Å²) in [6.07, 6.45) is 1.74. The van der Waals surface area contributed by atoms with Gasteiger partial charge in [-0.15, -0.1) is 0 Å². The number of carbonyl (C=O) groups excluding carboxylic acids is 1. The van der Waals surface area contributed by atoms with Gasteiger partial charge in [0.2, 0.25) is 0 Å². The zero-order valence-electron chi connectivity index (χ0n) is 14.4. The number of nitrogens with zero attached hydrogens (tertiary/aromatic N) is 1. The lowest BCUT2D eigenvalue weighted by molar-refractivity contribution is 0.247. The molecule has 0 saturated heterocycles. The summed E-state index contributed by atoms with van der Waals surface area (Å²) in [5, 5.41) is 6.69. The second-order valence-electron chi connectivity index (χ2n) is 5.81. The number of para-hydroxylation sites is 1. The number of aromatic nitrogens is 1. The lowest BCUT2D eigenvalue weighted by Gasteiger charge is -2.12. The van der Waals surface area contributed by atoms with Gasteiger partial charge in [0.1, 0.15) is 17.9 Å². The fourth-order valence-corrected chi connectivity index (χ4v) is 2.57. The summed E-state index contributed by atoms with van der Waals surface area (Å²) in [6.45, 7) is 4.78. The minimum absolute atomic E-state index is 0.242. The number of ether oxygens (including phenoxy) is 1. The third-order valence-corrected chi connectivity index (χ3v) is 4.09. The summed E-state index contributed by atoms with van der Waals surface area (Å²) in [7, 11) is 0. The van der Waals surface area contributed by atoms with Crippen LogP contribution in [0.4, 0.5) is 10.5 Å². The predicted octanol–water partition coefficient (Wildman–Crippen LogP) is 4.05. The van der Waals surface area contributed by atoms with Gasteiger partial charge in [-0.2, -0.15) is 0 Å². The van der Waals surface area contributed by atoms with E-state index in [2.05, 4.69) is 15.6 Å². The van der Waals surface area contributed by atoms with Crippen LogP contribution < -0.4 is 15.4 Å². The van der Waals surface area contributed by atoms with Gasteiger partial charge in [-0.25, -0.2) is 4.79 Å². The Balaban J connectivity index is 1.51. The van der Waals surface area contributed by atoms with Crippen molar-refractivity contribution in [3.63, 3.8) is 0 Å². The van der Waals surface area contributed by atoms with Crippen molar-refractivity contribution in [1.82, 2.24) is 10.3 Å². The molecule has 0 fully saturated rings. The molecule has 5 nitrogen and oxygen atoms in total. The number of pyridine rings is 1. The Kier molecular flexibility index (Phi) is 5.14. The quantitative estimate of drug-likeness (QED) is 0.691. The number of rotatable bonds is 5. The van der Waals surface area contributed by atoms with Crippen LogP contribution in [0.25, 0.3) is 10.9 Å². The first kappa shape index (κ1) is 16.8. The molecule has 128 valence electrons. The highest BCUT2D eigenvalue weighted by Gasteiger charge is 2.06. The van der Waals surface area contributed by atoms with Gasteiger partial charge in [0.05, 0.1) is 6.54 Å². The number of carbonyl (C=O) groups is 1. The van der Waals surface area contributed by atoms with Crippen molar-refractivity contribution in [2.45, 2.75) is 13.8 Å². The topological polar surface area (TPSA) is 63.2 Å². The lowest BCUT2D eigenvalue weighted by atomic mass is 10.1. The van der Waals surface area contributed by atoms with E-state index >= 15 is 0 Å². The number of amides is 2. The Morgan fingerprint density at radius 3 is 2.76 bits per heavy atom. The largest absolute Gasteiger partial charge is 0.489 e. The van der Waals surface area contributed by atoms with Gasteiger partial charge in [0, 0.05) is 17.3 Å². The maximum Gasteiger partial charge on any atom is 0.319 e. The minimum Gasteiger partial charge on any atom is -0.489 e. The van der Waals surface area contributed by atoms with Crippen LogP contribution in [0.5, 0.6) is 5.75 Å². The van der Waals surface area contributed by atoms with Gasteiger partial charge in [-0.05, 0) is 43.2 Å². The third-order valence-electron chi connectivity index (χ3n) is 4.09. The van der Waals surface area contributed by atoms with Crippen LogP contribution in [0.1, 0.15) is 11.1 Å². The van der Waals surface area contributed by atoms with Crippen LogP contribution >= 0.6 is 0 Å². The molecule has 2 amide bonds. The van der Waals surface area contributed by atoms with Crippen LogP contribution in [-0.2, 0) is 0 Å². The van der Waals surface area contributed by atoms with Crippen molar-refractivity contribution in [3.8, 4) is 5.75 Å². The van der Waals surface area contributed by atoms with Crippen molar-refractivity contribution in [3.05, 3.63) is 65.9 Å². The summed E-state index contributed by atoms with van der Waals surface area (Å²) < 4.78 is 5.76. The molecule has 1 heterocycles. The molecule has 1 aromatic heterocycles. The van der Waals surface area contributed by atoms with Gasteiger partial charge in [0.15, 0.2) is 0 Å². The van der Waals surface area contributed by atoms with Crippen molar-refractivity contribution >= 4 is 22.6 Å². The minimum atomic E-state index is -0.242. The lowest BCUT2D eigenvalue weighted by Crippen LogP contribution is -2.32. The number of aryl methyl sites for hydroxylation is 1. The molecule has 3 aromatic rings. The van der Waals surface area contributed by atoms with Crippen LogP contribution in [0.3, 0.4) is 0 Å². The zero-order valence-corrected chi connectivity index (χ0v) is 14.4. The molecule has 3 rings (SSSR count). The monoisotopic (exact) mass is 335 g/mol. The van der Waals surface area contributed by atoms with E-state index in [9.17, 15) is 4.79 Å². The molecule has 5 heteroatoms. The predicted molar refractivity (Wildman–Crippen MR) is 100 cm³/mol. The Hall–Kier alpha value is -3.08. The SMILES string of the molecule is Cc1cccc(NC(=O)NCCOc2cccc3cccnc23)c1C. The van der Waals surface area contributed by atoms with Crippen LogP contribution in [0.2, 0.25) is 0 Å². The first-order valence-electron chi connectivity index (χ1n) is 8.23. The van der Waals surface area contributed by atoms with E-state index in [4.69, 9.17) is 4.74 Å².